The van der Waals surface area contributed by atoms with Crippen molar-refractivity contribution in [2.24, 2.45) is 0 Å². The molecule has 0 saturated carbocycles. The van der Waals surface area contributed by atoms with E-state index in [4.69, 9.17) is 7.45 Å². The van der Waals surface area contributed by atoms with E-state index in [-0.39, 0.29) is 0 Å². The standard InChI is InChI=1S/C7H19AsN2O2/c1-8(11-6-4-9-2)12-7-5-10-3/h9-10H,4-7H2,1-3H3. The third-order valence-electron chi connectivity index (χ3n) is 1.25. The average Bonchev–Trinajstić information content (AvgIpc) is 2.06. The van der Waals surface area contributed by atoms with Crippen LogP contribution < -0.4 is 10.6 Å². The second-order valence-electron chi connectivity index (χ2n) is 2.31. The van der Waals surface area contributed by atoms with Gasteiger partial charge >= 0.3 is 79.5 Å². The molecule has 0 aromatic carbocycles. The molecule has 0 rings (SSSR count). The molecule has 0 radical (unpaired) electrons. The Morgan fingerprint density at radius 1 is 1.00 bits per heavy atom. The Morgan fingerprint density at radius 2 is 1.42 bits per heavy atom. The quantitative estimate of drug-likeness (QED) is 0.445. The molecule has 0 saturated heterocycles. The molecule has 2 N–H and O–H groups in total. The SMILES string of the molecule is CNCCO[As](C)OCCNC. The van der Waals surface area contributed by atoms with E-state index < -0.39 is 15.3 Å². The van der Waals surface area contributed by atoms with Crippen LogP contribution in [-0.4, -0.2) is 55.7 Å². The van der Waals surface area contributed by atoms with Gasteiger partial charge in [-0.05, 0) is 0 Å². The number of rotatable bonds is 8. The van der Waals surface area contributed by atoms with Crippen LogP contribution >= 0.6 is 0 Å². The summed E-state index contributed by atoms with van der Waals surface area (Å²) in [6.45, 7) is 3.31. The summed E-state index contributed by atoms with van der Waals surface area (Å²) in [6.07, 6.45) is 0. The van der Waals surface area contributed by atoms with Crippen molar-refractivity contribution in [2.45, 2.75) is 5.71 Å². The van der Waals surface area contributed by atoms with Gasteiger partial charge in [-0.25, -0.2) is 0 Å². The Morgan fingerprint density at radius 3 is 1.75 bits per heavy atom. The molecule has 0 amide bonds. The molecule has 0 aromatic rings. The molecule has 0 fully saturated rings. The summed E-state index contributed by atoms with van der Waals surface area (Å²) in [4.78, 5) is 0. The molecule has 5 heteroatoms. The maximum atomic E-state index is 5.46. The maximum absolute atomic E-state index is 5.46. The van der Waals surface area contributed by atoms with Crippen LogP contribution in [0.2, 0.25) is 5.71 Å². The van der Waals surface area contributed by atoms with E-state index in [0.717, 1.165) is 26.3 Å². The monoisotopic (exact) mass is 238 g/mol. The van der Waals surface area contributed by atoms with Crippen LogP contribution in [0.15, 0.2) is 0 Å². The fourth-order valence-corrected chi connectivity index (χ4v) is 2.21. The molecule has 0 spiro atoms. The number of likely N-dealkylation sites (N-methyl/N-ethyl adjacent to an activating group) is 2. The molecular formula is C7H19AsN2O2. The third kappa shape index (κ3) is 8.49. The summed E-state index contributed by atoms with van der Waals surface area (Å²) in [7, 11) is 3.83. The molecule has 4 nitrogen and oxygen atoms in total. The first-order chi connectivity index (χ1) is 5.81. The minimum absolute atomic E-state index is 0.757. The Bertz CT molecular complexity index is 85.5. The van der Waals surface area contributed by atoms with Crippen LogP contribution in [0, 0.1) is 0 Å². The molecule has 0 aliphatic carbocycles. The molecule has 74 valence electrons. The normalized spacial score (nSPS) is 11.0. The first-order valence-electron chi connectivity index (χ1n) is 4.10. The molecule has 0 bridgehead atoms. The third-order valence-corrected chi connectivity index (χ3v) is 3.54. The van der Waals surface area contributed by atoms with Gasteiger partial charge in [0.25, 0.3) is 0 Å². The number of nitrogens with one attached hydrogen (secondary N) is 2. The van der Waals surface area contributed by atoms with Gasteiger partial charge in [-0.2, -0.15) is 0 Å². The summed E-state index contributed by atoms with van der Waals surface area (Å²) in [5, 5.41) is 6.04. The fraction of sp³-hybridized carbons (Fsp3) is 1.00. The van der Waals surface area contributed by atoms with Crippen molar-refractivity contribution in [1.29, 1.82) is 0 Å². The van der Waals surface area contributed by atoms with Crippen molar-refractivity contribution in [3.05, 3.63) is 0 Å². The van der Waals surface area contributed by atoms with E-state index in [2.05, 4.69) is 16.3 Å². The number of hydrogen-bond donors (Lipinski definition) is 2. The van der Waals surface area contributed by atoms with Crippen LogP contribution in [0.5, 0.6) is 0 Å². The zero-order valence-corrected chi connectivity index (χ0v) is 9.97. The van der Waals surface area contributed by atoms with Crippen molar-refractivity contribution in [3.63, 3.8) is 0 Å². The molecule has 0 aliphatic rings. The fourth-order valence-electron chi connectivity index (χ4n) is 0.590. The number of hydrogen-bond acceptors (Lipinski definition) is 4. The van der Waals surface area contributed by atoms with E-state index in [1.807, 2.05) is 14.1 Å². The van der Waals surface area contributed by atoms with Gasteiger partial charge in [0.2, 0.25) is 0 Å². The van der Waals surface area contributed by atoms with E-state index in [1.54, 1.807) is 0 Å². The predicted molar refractivity (Wildman–Crippen MR) is 51.4 cm³/mol. The summed E-state index contributed by atoms with van der Waals surface area (Å²) in [5.74, 6) is 0. The summed E-state index contributed by atoms with van der Waals surface area (Å²) < 4.78 is 10.9. The van der Waals surface area contributed by atoms with Crippen molar-refractivity contribution in [2.75, 3.05) is 40.4 Å². The summed E-state index contributed by atoms with van der Waals surface area (Å²) in [5.41, 5.74) is 2.05. The van der Waals surface area contributed by atoms with Crippen LogP contribution in [0.1, 0.15) is 0 Å². The second-order valence-corrected chi connectivity index (χ2v) is 5.24. The predicted octanol–water partition coefficient (Wildman–Crippen LogP) is -0.424. The topological polar surface area (TPSA) is 42.5 Å². The molecule has 0 heterocycles. The van der Waals surface area contributed by atoms with Gasteiger partial charge in [-0.3, -0.25) is 0 Å². The molecule has 0 atom stereocenters. The van der Waals surface area contributed by atoms with E-state index >= 15 is 0 Å². The summed E-state index contributed by atoms with van der Waals surface area (Å²) in [6, 6.07) is 0. The Hall–Kier alpha value is 0.398. The molecule has 0 aromatic heterocycles. The van der Waals surface area contributed by atoms with Crippen LogP contribution in [0.4, 0.5) is 0 Å². The molecule has 0 unspecified atom stereocenters. The van der Waals surface area contributed by atoms with Gasteiger partial charge in [0.05, 0.1) is 0 Å². The van der Waals surface area contributed by atoms with Gasteiger partial charge in [-0.1, -0.05) is 0 Å². The molecule has 12 heavy (non-hydrogen) atoms. The van der Waals surface area contributed by atoms with Gasteiger partial charge in [0.15, 0.2) is 0 Å². The zero-order valence-electron chi connectivity index (χ0n) is 8.09. The molecule has 0 aliphatic heterocycles. The van der Waals surface area contributed by atoms with Crippen LogP contribution in [0.25, 0.3) is 0 Å². The van der Waals surface area contributed by atoms with E-state index in [9.17, 15) is 0 Å². The van der Waals surface area contributed by atoms with Gasteiger partial charge in [-0.15, -0.1) is 0 Å². The Labute approximate surface area is 80.0 Å². The van der Waals surface area contributed by atoms with Crippen molar-refractivity contribution >= 4 is 15.3 Å². The zero-order chi connectivity index (χ0) is 9.23. The van der Waals surface area contributed by atoms with Crippen LogP contribution in [0.3, 0.4) is 0 Å². The van der Waals surface area contributed by atoms with Gasteiger partial charge in [0.1, 0.15) is 0 Å². The van der Waals surface area contributed by atoms with E-state index in [0.29, 0.717) is 0 Å². The van der Waals surface area contributed by atoms with Crippen molar-refractivity contribution < 1.29 is 7.45 Å². The van der Waals surface area contributed by atoms with E-state index in [1.165, 1.54) is 0 Å². The van der Waals surface area contributed by atoms with Crippen molar-refractivity contribution in [3.8, 4) is 0 Å². The first-order valence-corrected chi connectivity index (χ1v) is 7.51. The summed E-state index contributed by atoms with van der Waals surface area (Å²) >= 11 is -1.41. The Kier molecular flexibility index (Phi) is 9.80. The van der Waals surface area contributed by atoms with Crippen LogP contribution in [-0.2, 0) is 7.45 Å². The Balaban J connectivity index is 3.04. The second kappa shape index (κ2) is 9.49. The van der Waals surface area contributed by atoms with Gasteiger partial charge < -0.3 is 0 Å². The van der Waals surface area contributed by atoms with Crippen molar-refractivity contribution in [1.82, 2.24) is 10.6 Å². The first kappa shape index (κ1) is 12.4. The van der Waals surface area contributed by atoms with Gasteiger partial charge in [0, 0.05) is 0 Å². The average molecular weight is 238 g/mol. The minimum atomic E-state index is -1.41. The molecular weight excluding hydrogens is 219 g/mol.